The molecule has 1 heterocycles. The van der Waals surface area contributed by atoms with E-state index in [4.69, 9.17) is 5.73 Å². The van der Waals surface area contributed by atoms with E-state index in [1.807, 2.05) is 24.8 Å². The topological polar surface area (TPSA) is 46.3 Å². The lowest BCUT2D eigenvalue weighted by molar-refractivity contribution is -0.135. The molecule has 1 unspecified atom stereocenters. The van der Waals surface area contributed by atoms with Gasteiger partial charge >= 0.3 is 0 Å². The summed E-state index contributed by atoms with van der Waals surface area (Å²) in [7, 11) is 0. The van der Waals surface area contributed by atoms with Gasteiger partial charge in [0.2, 0.25) is 5.91 Å². The van der Waals surface area contributed by atoms with E-state index in [9.17, 15) is 4.79 Å². The van der Waals surface area contributed by atoms with Gasteiger partial charge < -0.3 is 10.6 Å². The van der Waals surface area contributed by atoms with Gasteiger partial charge in [0.05, 0.1) is 6.04 Å². The summed E-state index contributed by atoms with van der Waals surface area (Å²) in [6, 6.07) is 10.1. The van der Waals surface area contributed by atoms with Crippen LogP contribution >= 0.6 is 0 Å². The highest BCUT2D eigenvalue weighted by atomic mass is 16.2. The minimum atomic E-state index is -0.381. The molecule has 1 amide bonds. The first-order valence-electron chi connectivity index (χ1n) is 7.54. The van der Waals surface area contributed by atoms with Crippen molar-refractivity contribution in [2.45, 2.75) is 45.1 Å². The van der Waals surface area contributed by atoms with Crippen molar-refractivity contribution in [3.05, 3.63) is 35.9 Å². The molecule has 0 saturated carbocycles. The van der Waals surface area contributed by atoms with Crippen LogP contribution in [0.1, 0.15) is 39.2 Å². The van der Waals surface area contributed by atoms with Crippen LogP contribution in [0.25, 0.3) is 0 Å². The molecule has 0 spiro atoms. The molecule has 0 aliphatic carbocycles. The van der Waals surface area contributed by atoms with Crippen molar-refractivity contribution in [1.82, 2.24) is 4.90 Å². The number of nitrogens with two attached hydrogens (primary N) is 1. The molecule has 2 rings (SSSR count). The predicted octanol–water partition coefficient (Wildman–Crippen LogP) is 2.55. The van der Waals surface area contributed by atoms with Gasteiger partial charge in [0.1, 0.15) is 0 Å². The Kier molecular flexibility index (Phi) is 4.48. The summed E-state index contributed by atoms with van der Waals surface area (Å²) in [5.41, 5.74) is 7.39. The second kappa shape index (κ2) is 5.96. The van der Waals surface area contributed by atoms with Gasteiger partial charge in [-0.2, -0.15) is 0 Å². The Labute approximate surface area is 122 Å². The Morgan fingerprint density at radius 3 is 2.55 bits per heavy atom. The van der Waals surface area contributed by atoms with Gasteiger partial charge in [-0.3, -0.25) is 4.79 Å². The van der Waals surface area contributed by atoms with E-state index in [1.54, 1.807) is 0 Å². The van der Waals surface area contributed by atoms with Crippen LogP contribution < -0.4 is 5.73 Å². The molecule has 20 heavy (non-hydrogen) atoms. The number of hydrogen-bond acceptors (Lipinski definition) is 2. The largest absolute Gasteiger partial charge is 0.340 e. The molecule has 110 valence electrons. The second-order valence-corrected chi connectivity index (χ2v) is 6.56. The molecule has 2 atom stereocenters. The number of amides is 1. The molecule has 3 heteroatoms. The van der Waals surface area contributed by atoms with Crippen molar-refractivity contribution < 1.29 is 4.79 Å². The third kappa shape index (κ3) is 3.04. The Hall–Kier alpha value is -1.35. The van der Waals surface area contributed by atoms with E-state index in [0.29, 0.717) is 0 Å². The zero-order valence-corrected chi connectivity index (χ0v) is 12.8. The molecule has 1 aromatic carbocycles. The number of rotatable bonds is 3. The van der Waals surface area contributed by atoms with Gasteiger partial charge in [-0.15, -0.1) is 0 Å². The molecule has 1 aliphatic heterocycles. The number of hydrogen-bond donors (Lipinski definition) is 1. The van der Waals surface area contributed by atoms with E-state index >= 15 is 0 Å². The molecule has 3 nitrogen and oxygen atoms in total. The third-order valence-electron chi connectivity index (χ3n) is 4.48. The highest BCUT2D eigenvalue weighted by molar-refractivity contribution is 5.82. The number of likely N-dealkylation sites (tertiary alicyclic amines) is 1. The molecule has 0 radical (unpaired) electrons. The summed E-state index contributed by atoms with van der Waals surface area (Å²) < 4.78 is 0. The van der Waals surface area contributed by atoms with Crippen LogP contribution in [0, 0.1) is 5.92 Å². The number of benzene rings is 1. The van der Waals surface area contributed by atoms with E-state index in [2.05, 4.69) is 31.2 Å². The Balaban J connectivity index is 2.14. The van der Waals surface area contributed by atoms with Crippen LogP contribution in [-0.4, -0.2) is 29.9 Å². The van der Waals surface area contributed by atoms with Crippen molar-refractivity contribution >= 4 is 5.91 Å². The van der Waals surface area contributed by atoms with Crippen molar-refractivity contribution in [3.63, 3.8) is 0 Å². The second-order valence-electron chi connectivity index (χ2n) is 6.56. The average Bonchev–Trinajstić information content (AvgIpc) is 2.46. The van der Waals surface area contributed by atoms with Gasteiger partial charge in [-0.1, -0.05) is 51.1 Å². The third-order valence-corrected chi connectivity index (χ3v) is 4.48. The lowest BCUT2D eigenvalue weighted by Gasteiger charge is -2.42. The van der Waals surface area contributed by atoms with Crippen molar-refractivity contribution in [1.29, 1.82) is 0 Å². The minimum Gasteiger partial charge on any atom is -0.340 e. The van der Waals surface area contributed by atoms with Crippen LogP contribution in [0.3, 0.4) is 0 Å². The predicted molar refractivity (Wildman–Crippen MR) is 82.4 cm³/mol. The van der Waals surface area contributed by atoms with Gasteiger partial charge in [-0.25, -0.2) is 0 Å². The van der Waals surface area contributed by atoms with Crippen LogP contribution in [-0.2, 0) is 10.2 Å². The maximum Gasteiger partial charge on any atom is 0.239 e. The first kappa shape index (κ1) is 15.0. The van der Waals surface area contributed by atoms with Gasteiger partial charge in [0.15, 0.2) is 0 Å². The fourth-order valence-corrected chi connectivity index (χ4v) is 3.00. The monoisotopic (exact) mass is 274 g/mol. The Morgan fingerprint density at radius 2 is 1.95 bits per heavy atom. The van der Waals surface area contributed by atoms with E-state index in [1.165, 1.54) is 5.56 Å². The Bertz CT molecular complexity index is 457. The summed E-state index contributed by atoms with van der Waals surface area (Å²) in [5, 5.41) is 0. The lowest BCUT2D eigenvalue weighted by atomic mass is 9.75. The first-order valence-corrected chi connectivity index (χ1v) is 7.54. The zero-order valence-electron chi connectivity index (χ0n) is 12.8. The maximum absolute atomic E-state index is 12.5. The van der Waals surface area contributed by atoms with Crippen LogP contribution in [0.15, 0.2) is 30.3 Å². The summed E-state index contributed by atoms with van der Waals surface area (Å²) >= 11 is 0. The highest BCUT2D eigenvalue weighted by Crippen LogP contribution is 2.33. The number of nitrogens with zero attached hydrogens (tertiary/aromatic N) is 1. The first-order chi connectivity index (χ1) is 9.44. The normalized spacial score (nSPS) is 24.8. The molecule has 1 saturated heterocycles. The fraction of sp³-hybridized carbons (Fsp3) is 0.588. The molecule has 0 bridgehead atoms. The fourth-order valence-electron chi connectivity index (χ4n) is 3.00. The van der Waals surface area contributed by atoms with Crippen molar-refractivity contribution in [2.75, 3.05) is 13.1 Å². The molecular weight excluding hydrogens is 248 g/mol. The molecule has 1 aliphatic rings. The molecule has 1 aromatic rings. The van der Waals surface area contributed by atoms with Crippen molar-refractivity contribution in [2.24, 2.45) is 11.7 Å². The average molecular weight is 274 g/mol. The smallest absolute Gasteiger partial charge is 0.239 e. The van der Waals surface area contributed by atoms with Crippen LogP contribution in [0.2, 0.25) is 0 Å². The quantitative estimate of drug-likeness (QED) is 0.920. The van der Waals surface area contributed by atoms with Gasteiger partial charge in [0, 0.05) is 18.5 Å². The number of piperidine rings is 1. The molecule has 1 fully saturated rings. The Morgan fingerprint density at radius 1 is 1.30 bits per heavy atom. The van der Waals surface area contributed by atoms with Crippen LogP contribution in [0.4, 0.5) is 0 Å². The summed E-state index contributed by atoms with van der Waals surface area (Å²) in [6.45, 7) is 7.87. The maximum atomic E-state index is 12.5. The van der Waals surface area contributed by atoms with Crippen molar-refractivity contribution in [3.8, 4) is 0 Å². The van der Waals surface area contributed by atoms with E-state index in [-0.39, 0.29) is 23.3 Å². The minimum absolute atomic E-state index is 0.0475. The number of carbonyl (C=O) groups is 1. The summed E-state index contributed by atoms with van der Waals surface area (Å²) in [4.78, 5) is 14.4. The molecule has 0 aromatic heterocycles. The summed E-state index contributed by atoms with van der Waals surface area (Å²) in [5.74, 6) is 0.286. The van der Waals surface area contributed by atoms with E-state index < -0.39 is 0 Å². The SMILES string of the molecule is CC(C)[C@H](N)C(=O)N1CCCC(C)(c2ccccc2)C1. The lowest BCUT2D eigenvalue weighted by Crippen LogP contribution is -2.53. The molecule has 2 N–H and O–H groups in total. The van der Waals surface area contributed by atoms with Crippen LogP contribution in [0.5, 0.6) is 0 Å². The standard InChI is InChI=1S/C17H26N2O/c1-13(2)15(18)16(20)19-11-7-10-17(3,12-19)14-8-5-4-6-9-14/h4-6,8-9,13,15H,7,10-12,18H2,1-3H3/t15-,17?/m0/s1. The van der Waals surface area contributed by atoms with E-state index in [0.717, 1.165) is 25.9 Å². The number of carbonyl (C=O) groups excluding carboxylic acids is 1. The van der Waals surface area contributed by atoms with Gasteiger partial charge in [0.25, 0.3) is 0 Å². The summed E-state index contributed by atoms with van der Waals surface area (Å²) in [6.07, 6.45) is 2.17. The molecular formula is C17H26N2O. The highest BCUT2D eigenvalue weighted by Gasteiger charge is 2.36. The van der Waals surface area contributed by atoms with Gasteiger partial charge in [-0.05, 0) is 24.3 Å². The zero-order chi connectivity index (χ0) is 14.8.